The molecule has 0 spiro atoms. The minimum Gasteiger partial charge on any atom is -0.278 e. The molecule has 110 valence electrons. The molecule has 3 unspecified atom stereocenters. The first-order valence-electron chi connectivity index (χ1n) is 7.78. The first-order valence-corrected chi connectivity index (χ1v) is 7.78. The van der Waals surface area contributed by atoms with Crippen LogP contribution in [0.4, 0.5) is 0 Å². The molecule has 2 aromatic carbocycles. The van der Waals surface area contributed by atoms with Crippen molar-refractivity contribution in [2.24, 2.45) is 15.8 Å². The van der Waals surface area contributed by atoms with Gasteiger partial charge in [-0.15, -0.1) is 0 Å². The van der Waals surface area contributed by atoms with Gasteiger partial charge in [0.05, 0.1) is 23.9 Å². The lowest BCUT2D eigenvalue weighted by Gasteiger charge is -2.49. The van der Waals surface area contributed by atoms with E-state index in [4.69, 9.17) is 4.99 Å². The highest BCUT2D eigenvalue weighted by Gasteiger charge is 2.70. The molecule has 1 saturated carbocycles. The van der Waals surface area contributed by atoms with Crippen LogP contribution in [0.3, 0.4) is 0 Å². The molecule has 3 atom stereocenters. The fraction of sp³-hybridized carbons (Fsp3) is 0.250. The molecule has 0 saturated heterocycles. The Balaban J connectivity index is 1.93. The van der Waals surface area contributed by atoms with Gasteiger partial charge in [-0.1, -0.05) is 60.7 Å². The zero-order valence-electron chi connectivity index (χ0n) is 12.6. The van der Waals surface area contributed by atoms with Crippen LogP contribution in [0.5, 0.6) is 0 Å². The Labute approximate surface area is 135 Å². The Morgan fingerprint density at radius 1 is 0.870 bits per heavy atom. The third kappa shape index (κ3) is 1.60. The van der Waals surface area contributed by atoms with Crippen LogP contribution in [-0.2, 0) is 0 Å². The van der Waals surface area contributed by atoms with Crippen molar-refractivity contribution in [2.45, 2.75) is 18.9 Å². The van der Waals surface area contributed by atoms with Crippen LogP contribution in [0.25, 0.3) is 0 Å². The van der Waals surface area contributed by atoms with Crippen LogP contribution in [-0.4, -0.2) is 5.71 Å². The largest absolute Gasteiger partial charge is 0.278 e. The Hall–Kier alpha value is -2.91. The third-order valence-electron chi connectivity index (χ3n) is 5.34. The van der Waals surface area contributed by atoms with Gasteiger partial charge in [-0.05, 0) is 24.0 Å². The second-order valence-electron chi connectivity index (χ2n) is 6.26. The number of fused-ring (bicyclic) bond motifs is 1. The Bertz CT molecular complexity index is 857. The molecule has 1 aliphatic carbocycles. The number of hydrogen-bond acceptors (Lipinski definition) is 3. The van der Waals surface area contributed by atoms with E-state index in [1.807, 2.05) is 60.7 Å². The van der Waals surface area contributed by atoms with Gasteiger partial charge in [-0.3, -0.25) is 4.99 Å². The van der Waals surface area contributed by atoms with E-state index in [0.29, 0.717) is 6.42 Å². The Kier molecular flexibility index (Phi) is 2.86. The van der Waals surface area contributed by atoms with Crippen LogP contribution in [0, 0.1) is 33.5 Å². The predicted octanol–water partition coefficient (Wildman–Crippen LogP) is 4.04. The fourth-order valence-electron chi connectivity index (χ4n) is 4.03. The van der Waals surface area contributed by atoms with Crippen molar-refractivity contribution in [1.29, 1.82) is 10.5 Å². The smallest absolute Gasteiger partial charge is 0.120 e. The maximum Gasteiger partial charge on any atom is 0.120 e. The molecule has 1 fully saturated rings. The topological polar surface area (TPSA) is 59.9 Å². The highest BCUT2D eigenvalue weighted by atomic mass is 15.0. The minimum atomic E-state index is -0.788. The molecule has 1 heterocycles. The van der Waals surface area contributed by atoms with Gasteiger partial charge < -0.3 is 0 Å². The molecule has 0 amide bonds. The number of hydrogen-bond donors (Lipinski definition) is 0. The molecule has 0 bridgehead atoms. The van der Waals surface area contributed by atoms with Gasteiger partial charge in [0.2, 0.25) is 0 Å². The third-order valence-corrected chi connectivity index (χ3v) is 5.34. The van der Waals surface area contributed by atoms with Gasteiger partial charge in [-0.25, -0.2) is 0 Å². The maximum atomic E-state index is 9.97. The van der Waals surface area contributed by atoms with E-state index in [1.165, 1.54) is 0 Å². The Morgan fingerprint density at radius 2 is 1.52 bits per heavy atom. The van der Waals surface area contributed by atoms with Crippen molar-refractivity contribution < 1.29 is 0 Å². The van der Waals surface area contributed by atoms with E-state index in [2.05, 4.69) is 12.1 Å². The summed E-state index contributed by atoms with van der Waals surface area (Å²) in [6.07, 6.45) is 1.42. The molecule has 2 aliphatic rings. The average Bonchev–Trinajstić information content (AvgIpc) is 2.80. The van der Waals surface area contributed by atoms with Gasteiger partial charge >= 0.3 is 0 Å². The van der Waals surface area contributed by atoms with Crippen molar-refractivity contribution in [1.82, 2.24) is 0 Å². The fourth-order valence-corrected chi connectivity index (χ4v) is 4.03. The van der Waals surface area contributed by atoms with Gasteiger partial charge in [0.25, 0.3) is 0 Å². The van der Waals surface area contributed by atoms with E-state index in [0.717, 1.165) is 23.3 Å². The predicted molar refractivity (Wildman–Crippen MR) is 87.5 cm³/mol. The quantitative estimate of drug-likeness (QED) is 0.839. The lowest BCUT2D eigenvalue weighted by Crippen LogP contribution is -2.53. The van der Waals surface area contributed by atoms with Crippen LogP contribution in [0.2, 0.25) is 0 Å². The summed E-state index contributed by atoms with van der Waals surface area (Å²) >= 11 is 0. The standard InChI is InChI=1S/C20H15N3/c21-13-19-11-12-20(19,14-22)18(16-9-5-2-6-10-16)23-17(19)15-7-3-1-4-8-15/h1-10,17H,11-12H2. The van der Waals surface area contributed by atoms with Crippen LogP contribution in [0.1, 0.15) is 30.0 Å². The molecule has 1 aliphatic heterocycles. The zero-order valence-corrected chi connectivity index (χ0v) is 12.6. The van der Waals surface area contributed by atoms with E-state index < -0.39 is 10.8 Å². The first-order chi connectivity index (χ1) is 11.3. The van der Waals surface area contributed by atoms with Crippen molar-refractivity contribution in [3.63, 3.8) is 0 Å². The lowest BCUT2D eigenvalue weighted by molar-refractivity contribution is 0.0780. The van der Waals surface area contributed by atoms with E-state index in [1.54, 1.807) is 0 Å². The van der Waals surface area contributed by atoms with Gasteiger partial charge in [0.1, 0.15) is 10.8 Å². The normalized spacial score (nSPS) is 31.2. The second-order valence-corrected chi connectivity index (χ2v) is 6.26. The number of rotatable bonds is 2. The van der Waals surface area contributed by atoms with Gasteiger partial charge in [-0.2, -0.15) is 10.5 Å². The number of nitrogens with zero attached hydrogens (tertiary/aromatic N) is 3. The highest BCUT2D eigenvalue weighted by molar-refractivity contribution is 6.09. The van der Waals surface area contributed by atoms with Crippen LogP contribution in [0.15, 0.2) is 65.7 Å². The summed E-state index contributed by atoms with van der Waals surface area (Å²) in [7, 11) is 0. The molecule has 0 radical (unpaired) electrons. The highest BCUT2D eigenvalue weighted by Crippen LogP contribution is 2.68. The van der Waals surface area contributed by atoms with Crippen molar-refractivity contribution in [2.75, 3.05) is 0 Å². The number of aliphatic imine (C=N–C) groups is 1. The molecule has 0 N–H and O–H groups in total. The van der Waals surface area contributed by atoms with Crippen molar-refractivity contribution in [3.8, 4) is 12.1 Å². The molecular formula is C20H15N3. The minimum absolute atomic E-state index is 0.266. The maximum absolute atomic E-state index is 9.97. The molecule has 4 rings (SSSR count). The summed E-state index contributed by atoms with van der Waals surface area (Å²) in [5.41, 5.74) is 1.21. The number of nitriles is 2. The monoisotopic (exact) mass is 297 g/mol. The van der Waals surface area contributed by atoms with Crippen molar-refractivity contribution >= 4 is 5.71 Å². The molecular weight excluding hydrogens is 282 g/mol. The Morgan fingerprint density at radius 3 is 2.04 bits per heavy atom. The van der Waals surface area contributed by atoms with E-state index in [9.17, 15) is 10.5 Å². The molecule has 2 aromatic rings. The summed E-state index contributed by atoms with van der Waals surface area (Å²) in [6.45, 7) is 0. The SMILES string of the molecule is N#CC12CCC1(C#N)C(c1ccccc1)N=C2c1ccccc1. The summed E-state index contributed by atoms with van der Waals surface area (Å²) < 4.78 is 0. The molecule has 0 aromatic heterocycles. The van der Waals surface area contributed by atoms with Crippen molar-refractivity contribution in [3.05, 3.63) is 71.8 Å². The van der Waals surface area contributed by atoms with E-state index in [-0.39, 0.29) is 6.04 Å². The van der Waals surface area contributed by atoms with Gasteiger partial charge in [0, 0.05) is 0 Å². The van der Waals surface area contributed by atoms with Gasteiger partial charge in [0.15, 0.2) is 0 Å². The lowest BCUT2D eigenvalue weighted by atomic mass is 9.47. The molecule has 3 heteroatoms. The summed E-state index contributed by atoms with van der Waals surface area (Å²) in [5, 5.41) is 19.9. The molecule has 3 nitrogen and oxygen atoms in total. The summed E-state index contributed by atoms with van der Waals surface area (Å²) in [4.78, 5) is 4.91. The summed E-state index contributed by atoms with van der Waals surface area (Å²) in [5.74, 6) is 0. The first kappa shape index (κ1) is 13.7. The second kappa shape index (κ2) is 4.80. The number of benzene rings is 2. The zero-order chi connectivity index (χ0) is 15.9. The average molecular weight is 297 g/mol. The van der Waals surface area contributed by atoms with Crippen LogP contribution >= 0.6 is 0 Å². The summed E-state index contributed by atoms with van der Waals surface area (Å²) in [6, 6.07) is 24.4. The molecule has 23 heavy (non-hydrogen) atoms. The van der Waals surface area contributed by atoms with Crippen LogP contribution < -0.4 is 0 Å². The van der Waals surface area contributed by atoms with E-state index >= 15 is 0 Å².